The number of aromatic nitrogens is 2. The summed E-state index contributed by atoms with van der Waals surface area (Å²) in [5, 5.41) is 0. The Bertz CT molecular complexity index is 506. The van der Waals surface area contributed by atoms with E-state index in [0.29, 0.717) is 6.54 Å². The molecule has 3 heteroatoms. The lowest BCUT2D eigenvalue weighted by Crippen LogP contribution is -1.99. The first kappa shape index (κ1) is 10.8. The molecule has 2 rings (SSSR count). The largest absolute Gasteiger partial charge is 0.326 e. The first-order chi connectivity index (χ1) is 7.70. The Morgan fingerprint density at radius 2 is 2.00 bits per heavy atom. The van der Waals surface area contributed by atoms with Crippen molar-refractivity contribution in [2.45, 2.75) is 20.4 Å². The van der Waals surface area contributed by atoms with Gasteiger partial charge in [0.1, 0.15) is 5.82 Å². The van der Waals surface area contributed by atoms with Crippen molar-refractivity contribution < 1.29 is 0 Å². The lowest BCUT2D eigenvalue weighted by Gasteiger charge is -2.06. The number of aryl methyl sites for hydroxylation is 2. The molecule has 0 amide bonds. The average Bonchev–Trinajstić information content (AvgIpc) is 2.29. The van der Waals surface area contributed by atoms with E-state index in [1.165, 1.54) is 11.1 Å². The molecule has 2 aromatic rings. The predicted molar refractivity (Wildman–Crippen MR) is 64.8 cm³/mol. The van der Waals surface area contributed by atoms with Crippen molar-refractivity contribution in [2.75, 3.05) is 0 Å². The monoisotopic (exact) mass is 213 g/mol. The van der Waals surface area contributed by atoms with Crippen LogP contribution in [0.2, 0.25) is 0 Å². The van der Waals surface area contributed by atoms with E-state index in [4.69, 9.17) is 5.73 Å². The number of hydrogen-bond donors (Lipinski definition) is 1. The molecule has 0 aliphatic heterocycles. The second-order valence-corrected chi connectivity index (χ2v) is 3.83. The maximum Gasteiger partial charge on any atom is 0.125 e. The third-order valence-corrected chi connectivity index (χ3v) is 2.63. The van der Waals surface area contributed by atoms with Gasteiger partial charge in [-0.1, -0.05) is 12.1 Å². The lowest BCUT2D eigenvalue weighted by molar-refractivity contribution is 1.04. The maximum atomic E-state index is 5.64. The van der Waals surface area contributed by atoms with Gasteiger partial charge in [-0.15, -0.1) is 0 Å². The van der Waals surface area contributed by atoms with E-state index in [9.17, 15) is 0 Å². The molecule has 3 nitrogen and oxygen atoms in total. The van der Waals surface area contributed by atoms with E-state index in [-0.39, 0.29) is 0 Å². The molecular weight excluding hydrogens is 198 g/mol. The van der Waals surface area contributed by atoms with Crippen molar-refractivity contribution >= 4 is 0 Å². The summed E-state index contributed by atoms with van der Waals surface area (Å²) < 4.78 is 0. The minimum Gasteiger partial charge on any atom is -0.326 e. The third kappa shape index (κ3) is 2.09. The van der Waals surface area contributed by atoms with Crippen LogP contribution in [-0.2, 0) is 6.54 Å². The molecule has 0 atom stereocenters. The van der Waals surface area contributed by atoms with Crippen LogP contribution < -0.4 is 5.73 Å². The van der Waals surface area contributed by atoms with E-state index in [0.717, 1.165) is 17.1 Å². The van der Waals surface area contributed by atoms with Gasteiger partial charge in [-0.25, -0.2) is 9.97 Å². The zero-order valence-corrected chi connectivity index (χ0v) is 9.57. The van der Waals surface area contributed by atoms with Crippen LogP contribution in [-0.4, -0.2) is 9.97 Å². The number of benzene rings is 1. The number of rotatable bonds is 2. The fourth-order valence-corrected chi connectivity index (χ4v) is 1.70. The van der Waals surface area contributed by atoms with Gasteiger partial charge in [-0.2, -0.15) is 0 Å². The topological polar surface area (TPSA) is 51.8 Å². The highest BCUT2D eigenvalue weighted by Gasteiger charge is 2.02. The summed E-state index contributed by atoms with van der Waals surface area (Å²) in [4.78, 5) is 8.49. The fourth-order valence-electron chi connectivity index (χ4n) is 1.70. The zero-order valence-electron chi connectivity index (χ0n) is 9.57. The van der Waals surface area contributed by atoms with Gasteiger partial charge >= 0.3 is 0 Å². The predicted octanol–water partition coefficient (Wildman–Crippen LogP) is 2.22. The van der Waals surface area contributed by atoms with Gasteiger partial charge in [0.25, 0.3) is 0 Å². The highest BCUT2D eigenvalue weighted by atomic mass is 14.9. The van der Waals surface area contributed by atoms with Crippen LogP contribution in [0.5, 0.6) is 0 Å². The van der Waals surface area contributed by atoms with Gasteiger partial charge in [0.15, 0.2) is 0 Å². The van der Waals surface area contributed by atoms with Gasteiger partial charge in [-0.05, 0) is 37.1 Å². The van der Waals surface area contributed by atoms with Crippen molar-refractivity contribution in [3.05, 3.63) is 47.4 Å². The van der Waals surface area contributed by atoms with E-state index >= 15 is 0 Å². The molecule has 1 aromatic heterocycles. The molecule has 0 aliphatic carbocycles. The molecule has 0 saturated heterocycles. The molecule has 0 fully saturated rings. The standard InChI is InChI=1S/C13H15N3/c1-9-7-11(3-4-12(9)8-14)13-5-6-15-10(2)16-13/h3-7H,8,14H2,1-2H3. The van der Waals surface area contributed by atoms with Crippen LogP contribution >= 0.6 is 0 Å². The van der Waals surface area contributed by atoms with Crippen LogP contribution in [0, 0.1) is 13.8 Å². The second kappa shape index (κ2) is 4.41. The Kier molecular flexibility index (Phi) is 2.97. The summed E-state index contributed by atoms with van der Waals surface area (Å²) in [6.07, 6.45) is 1.78. The first-order valence-corrected chi connectivity index (χ1v) is 5.30. The Morgan fingerprint density at radius 1 is 1.19 bits per heavy atom. The molecule has 82 valence electrons. The van der Waals surface area contributed by atoms with Crippen LogP contribution in [0.3, 0.4) is 0 Å². The SMILES string of the molecule is Cc1nccc(-c2ccc(CN)c(C)c2)n1. The summed E-state index contributed by atoms with van der Waals surface area (Å²) in [6.45, 7) is 4.54. The van der Waals surface area contributed by atoms with Crippen LogP contribution in [0.15, 0.2) is 30.5 Å². The van der Waals surface area contributed by atoms with Crippen molar-refractivity contribution in [2.24, 2.45) is 5.73 Å². The zero-order chi connectivity index (χ0) is 11.5. The first-order valence-electron chi connectivity index (χ1n) is 5.30. The molecule has 0 unspecified atom stereocenters. The van der Waals surface area contributed by atoms with E-state index in [1.807, 2.05) is 13.0 Å². The molecule has 0 bridgehead atoms. The fraction of sp³-hybridized carbons (Fsp3) is 0.231. The van der Waals surface area contributed by atoms with Crippen molar-refractivity contribution in [1.29, 1.82) is 0 Å². The normalized spacial score (nSPS) is 10.4. The molecule has 0 radical (unpaired) electrons. The minimum absolute atomic E-state index is 0.578. The second-order valence-electron chi connectivity index (χ2n) is 3.83. The third-order valence-electron chi connectivity index (χ3n) is 2.63. The quantitative estimate of drug-likeness (QED) is 0.832. The molecule has 0 saturated carbocycles. The molecule has 1 heterocycles. The molecule has 0 spiro atoms. The van der Waals surface area contributed by atoms with Gasteiger partial charge in [0.2, 0.25) is 0 Å². The highest BCUT2D eigenvalue weighted by Crippen LogP contribution is 2.20. The Morgan fingerprint density at radius 3 is 2.62 bits per heavy atom. The van der Waals surface area contributed by atoms with Gasteiger partial charge in [0.05, 0.1) is 5.69 Å². The van der Waals surface area contributed by atoms with Gasteiger partial charge in [-0.3, -0.25) is 0 Å². The maximum absolute atomic E-state index is 5.64. The Balaban J connectivity index is 2.45. The molecule has 1 aromatic carbocycles. The van der Waals surface area contributed by atoms with Gasteiger partial charge < -0.3 is 5.73 Å². The van der Waals surface area contributed by atoms with Crippen molar-refractivity contribution in [3.63, 3.8) is 0 Å². The summed E-state index contributed by atoms with van der Waals surface area (Å²) in [6, 6.07) is 8.15. The molecule has 0 aliphatic rings. The Hall–Kier alpha value is -1.74. The highest BCUT2D eigenvalue weighted by molar-refractivity contribution is 5.60. The van der Waals surface area contributed by atoms with Gasteiger partial charge in [0, 0.05) is 18.3 Å². The van der Waals surface area contributed by atoms with E-state index in [1.54, 1.807) is 6.20 Å². The summed E-state index contributed by atoms with van der Waals surface area (Å²) >= 11 is 0. The van der Waals surface area contributed by atoms with E-state index in [2.05, 4.69) is 35.1 Å². The van der Waals surface area contributed by atoms with Crippen molar-refractivity contribution in [1.82, 2.24) is 9.97 Å². The number of hydrogen-bond acceptors (Lipinski definition) is 3. The minimum atomic E-state index is 0.578. The number of nitrogens with zero attached hydrogens (tertiary/aromatic N) is 2. The summed E-state index contributed by atoms with van der Waals surface area (Å²) in [7, 11) is 0. The van der Waals surface area contributed by atoms with Crippen molar-refractivity contribution in [3.8, 4) is 11.3 Å². The average molecular weight is 213 g/mol. The van der Waals surface area contributed by atoms with Crippen LogP contribution in [0.1, 0.15) is 17.0 Å². The molecule has 16 heavy (non-hydrogen) atoms. The summed E-state index contributed by atoms with van der Waals surface area (Å²) in [5.41, 5.74) is 10.1. The molecule has 2 N–H and O–H groups in total. The summed E-state index contributed by atoms with van der Waals surface area (Å²) in [5.74, 6) is 0.790. The molecular formula is C13H15N3. The lowest BCUT2D eigenvalue weighted by atomic mass is 10.0. The van der Waals surface area contributed by atoms with Crippen LogP contribution in [0.25, 0.3) is 11.3 Å². The van der Waals surface area contributed by atoms with E-state index < -0.39 is 0 Å². The smallest absolute Gasteiger partial charge is 0.125 e. The van der Waals surface area contributed by atoms with Crippen LogP contribution in [0.4, 0.5) is 0 Å². The number of nitrogens with two attached hydrogens (primary N) is 1. The Labute approximate surface area is 95.4 Å².